The van der Waals surface area contributed by atoms with Gasteiger partial charge in [0, 0.05) is 24.0 Å². The third-order valence-electron chi connectivity index (χ3n) is 3.24. The van der Waals surface area contributed by atoms with Gasteiger partial charge in [-0.1, -0.05) is 6.07 Å². The third-order valence-corrected chi connectivity index (χ3v) is 3.24. The summed E-state index contributed by atoms with van der Waals surface area (Å²) in [5, 5.41) is 9.83. The van der Waals surface area contributed by atoms with E-state index in [4.69, 9.17) is 0 Å². The summed E-state index contributed by atoms with van der Waals surface area (Å²) in [6.45, 7) is 5.05. The molecule has 0 aliphatic carbocycles. The van der Waals surface area contributed by atoms with E-state index < -0.39 is 6.10 Å². The Morgan fingerprint density at radius 1 is 1.30 bits per heavy atom. The molecular weight excluding hydrogens is 255 g/mol. The molecule has 4 heteroatoms. The molecule has 0 saturated carbocycles. The molecule has 0 aliphatic rings. The van der Waals surface area contributed by atoms with Crippen LogP contribution < -0.4 is 4.90 Å². The molecule has 3 nitrogen and oxygen atoms in total. The average molecular weight is 274 g/mol. The highest BCUT2D eigenvalue weighted by molar-refractivity contribution is 5.54. The summed E-state index contributed by atoms with van der Waals surface area (Å²) < 4.78 is 13.4. The van der Waals surface area contributed by atoms with Gasteiger partial charge < -0.3 is 10.0 Å². The molecule has 2 rings (SSSR count). The minimum atomic E-state index is -0.710. The summed E-state index contributed by atoms with van der Waals surface area (Å²) in [5.74, 6) is -0.335. The zero-order chi connectivity index (χ0) is 14.5. The van der Waals surface area contributed by atoms with Gasteiger partial charge in [-0.2, -0.15) is 0 Å². The van der Waals surface area contributed by atoms with Gasteiger partial charge in [-0.25, -0.2) is 4.39 Å². The monoisotopic (exact) mass is 274 g/mol. The Balaban J connectivity index is 2.32. The van der Waals surface area contributed by atoms with Crippen molar-refractivity contribution >= 4 is 5.69 Å². The van der Waals surface area contributed by atoms with Crippen LogP contribution in [0.2, 0.25) is 0 Å². The van der Waals surface area contributed by atoms with Crippen LogP contribution in [0.4, 0.5) is 10.1 Å². The maximum Gasteiger partial charge on any atom is 0.123 e. The molecule has 2 aromatic rings. The molecule has 1 aromatic carbocycles. The van der Waals surface area contributed by atoms with Crippen molar-refractivity contribution in [1.29, 1.82) is 0 Å². The van der Waals surface area contributed by atoms with E-state index in [0.717, 1.165) is 17.9 Å². The molecule has 1 unspecified atom stereocenters. The average Bonchev–Trinajstić information content (AvgIpc) is 2.46. The first kappa shape index (κ1) is 14.5. The Hall–Kier alpha value is -1.94. The van der Waals surface area contributed by atoms with Crippen molar-refractivity contribution in [3.63, 3.8) is 0 Å². The van der Waals surface area contributed by atoms with Gasteiger partial charge in [0.15, 0.2) is 0 Å². The van der Waals surface area contributed by atoms with Crippen LogP contribution in [0.5, 0.6) is 0 Å². The fourth-order valence-corrected chi connectivity index (χ4v) is 2.20. The van der Waals surface area contributed by atoms with Gasteiger partial charge in [0.25, 0.3) is 0 Å². The van der Waals surface area contributed by atoms with E-state index in [1.165, 1.54) is 12.1 Å². The summed E-state index contributed by atoms with van der Waals surface area (Å²) in [4.78, 5) is 6.38. The van der Waals surface area contributed by atoms with Crippen molar-refractivity contribution < 1.29 is 9.50 Å². The molecule has 0 spiro atoms. The summed E-state index contributed by atoms with van der Waals surface area (Å²) >= 11 is 0. The Morgan fingerprint density at radius 3 is 2.70 bits per heavy atom. The second-order valence-electron chi connectivity index (χ2n) is 4.71. The molecule has 0 aliphatic heterocycles. The fourth-order valence-electron chi connectivity index (χ4n) is 2.20. The number of rotatable bonds is 5. The summed E-state index contributed by atoms with van der Waals surface area (Å²) in [6.07, 6.45) is 1.04. The highest BCUT2D eigenvalue weighted by atomic mass is 19.1. The molecule has 106 valence electrons. The molecule has 1 heterocycles. The first-order valence-electron chi connectivity index (χ1n) is 6.74. The predicted octanol–water partition coefficient (Wildman–Crippen LogP) is 3.30. The molecule has 0 radical (unpaired) electrons. The van der Waals surface area contributed by atoms with Crippen LogP contribution in [0.3, 0.4) is 0 Å². The van der Waals surface area contributed by atoms with Crippen LogP contribution in [0, 0.1) is 5.82 Å². The quantitative estimate of drug-likeness (QED) is 0.908. The van der Waals surface area contributed by atoms with Crippen molar-refractivity contribution in [3.8, 4) is 0 Å². The Morgan fingerprint density at radius 2 is 2.10 bits per heavy atom. The number of aliphatic hydroxyl groups excluding tert-OH is 1. The summed E-state index contributed by atoms with van der Waals surface area (Å²) in [5.41, 5.74) is 2.38. The molecule has 0 fully saturated rings. The maximum atomic E-state index is 13.4. The van der Waals surface area contributed by atoms with Crippen LogP contribution >= 0.6 is 0 Å². The fraction of sp³-hybridized carbons (Fsp3) is 0.312. The lowest BCUT2D eigenvalue weighted by atomic mass is 10.1. The van der Waals surface area contributed by atoms with Crippen molar-refractivity contribution in [2.45, 2.75) is 26.5 Å². The predicted molar refractivity (Wildman–Crippen MR) is 78.0 cm³/mol. The van der Waals surface area contributed by atoms with Crippen molar-refractivity contribution in [3.05, 3.63) is 59.7 Å². The Labute approximate surface area is 118 Å². The molecule has 0 amide bonds. The molecule has 1 aromatic heterocycles. The standard InChI is InChI=1S/C16H19FN2O/c1-3-19(11-14-6-4-5-9-18-14)16-8-7-13(17)10-15(16)12(2)20/h4-10,12,20H,3,11H2,1-2H3. The number of hydrogen-bond donors (Lipinski definition) is 1. The van der Waals surface area contributed by atoms with E-state index in [-0.39, 0.29) is 5.82 Å². The Kier molecular flexibility index (Phi) is 4.69. The van der Waals surface area contributed by atoms with Gasteiger partial charge in [-0.05, 0) is 44.2 Å². The van der Waals surface area contributed by atoms with Crippen LogP contribution in [-0.4, -0.2) is 16.6 Å². The first-order chi connectivity index (χ1) is 9.61. The van der Waals surface area contributed by atoms with Crippen LogP contribution in [0.1, 0.15) is 31.2 Å². The number of aliphatic hydroxyl groups is 1. The molecule has 20 heavy (non-hydrogen) atoms. The normalized spacial score (nSPS) is 12.2. The van der Waals surface area contributed by atoms with Gasteiger partial charge in [-0.15, -0.1) is 0 Å². The van der Waals surface area contributed by atoms with Crippen molar-refractivity contribution in [2.24, 2.45) is 0 Å². The van der Waals surface area contributed by atoms with Gasteiger partial charge >= 0.3 is 0 Å². The van der Waals surface area contributed by atoms with Gasteiger partial charge in [-0.3, -0.25) is 4.98 Å². The second kappa shape index (κ2) is 6.48. The topological polar surface area (TPSA) is 36.4 Å². The lowest BCUT2D eigenvalue weighted by Gasteiger charge is -2.26. The molecule has 1 atom stereocenters. The second-order valence-corrected chi connectivity index (χ2v) is 4.71. The Bertz CT molecular complexity index is 558. The van der Waals surface area contributed by atoms with Crippen molar-refractivity contribution in [1.82, 2.24) is 4.98 Å². The number of benzene rings is 1. The number of halogens is 1. The van der Waals surface area contributed by atoms with Crippen molar-refractivity contribution in [2.75, 3.05) is 11.4 Å². The zero-order valence-electron chi connectivity index (χ0n) is 11.8. The van der Waals surface area contributed by atoms with E-state index in [1.54, 1.807) is 19.2 Å². The largest absolute Gasteiger partial charge is 0.389 e. The van der Waals surface area contributed by atoms with E-state index in [9.17, 15) is 9.50 Å². The molecule has 0 bridgehead atoms. The van der Waals surface area contributed by atoms with Gasteiger partial charge in [0.1, 0.15) is 5.82 Å². The molecule has 1 N–H and O–H groups in total. The summed E-state index contributed by atoms with van der Waals surface area (Å²) in [6, 6.07) is 10.3. The zero-order valence-corrected chi connectivity index (χ0v) is 11.8. The first-order valence-corrected chi connectivity index (χ1v) is 6.74. The summed E-state index contributed by atoms with van der Waals surface area (Å²) in [7, 11) is 0. The van der Waals surface area contributed by atoms with Gasteiger partial charge in [0.2, 0.25) is 0 Å². The number of anilines is 1. The number of hydrogen-bond acceptors (Lipinski definition) is 3. The van der Waals surface area contributed by atoms with Gasteiger partial charge in [0.05, 0.1) is 18.3 Å². The van der Waals surface area contributed by atoms with E-state index in [2.05, 4.69) is 9.88 Å². The van der Waals surface area contributed by atoms with E-state index >= 15 is 0 Å². The van der Waals surface area contributed by atoms with Crippen LogP contribution in [-0.2, 0) is 6.54 Å². The SMILES string of the molecule is CCN(Cc1ccccn1)c1ccc(F)cc1C(C)O. The van der Waals surface area contributed by atoms with Crippen LogP contribution in [0.15, 0.2) is 42.6 Å². The van der Waals surface area contributed by atoms with E-state index in [0.29, 0.717) is 12.1 Å². The molecule has 0 saturated heterocycles. The molecular formula is C16H19FN2O. The number of nitrogens with zero attached hydrogens (tertiary/aromatic N) is 2. The minimum Gasteiger partial charge on any atom is -0.389 e. The maximum absolute atomic E-state index is 13.4. The highest BCUT2D eigenvalue weighted by Crippen LogP contribution is 2.28. The highest BCUT2D eigenvalue weighted by Gasteiger charge is 2.15. The lowest BCUT2D eigenvalue weighted by molar-refractivity contribution is 0.199. The minimum absolute atomic E-state index is 0.335. The smallest absolute Gasteiger partial charge is 0.123 e. The lowest BCUT2D eigenvalue weighted by Crippen LogP contribution is -2.24. The van der Waals surface area contributed by atoms with Crippen LogP contribution in [0.25, 0.3) is 0 Å². The number of pyridine rings is 1. The van der Waals surface area contributed by atoms with E-state index in [1.807, 2.05) is 25.1 Å². The third kappa shape index (κ3) is 3.33. The number of aromatic nitrogens is 1.